The molecular formula is C16H21BrClNO. The molecule has 1 N–H and O–H groups in total. The average molecular weight is 359 g/mol. The van der Waals surface area contributed by atoms with Crippen LogP contribution in [-0.4, -0.2) is 19.3 Å². The van der Waals surface area contributed by atoms with Gasteiger partial charge in [-0.25, -0.2) is 0 Å². The van der Waals surface area contributed by atoms with Gasteiger partial charge in [0.2, 0.25) is 0 Å². The van der Waals surface area contributed by atoms with Crippen LogP contribution in [-0.2, 0) is 4.74 Å². The summed E-state index contributed by atoms with van der Waals surface area (Å²) in [6.07, 6.45) is 6.03. The predicted octanol–water partition coefficient (Wildman–Crippen LogP) is 4.71. The maximum atomic E-state index is 6.42. The van der Waals surface area contributed by atoms with Crippen LogP contribution >= 0.6 is 27.5 Å². The van der Waals surface area contributed by atoms with Gasteiger partial charge in [0.05, 0.1) is 5.60 Å². The molecule has 0 bridgehead atoms. The highest BCUT2D eigenvalue weighted by Gasteiger charge is 2.44. The Balaban J connectivity index is 1.83. The van der Waals surface area contributed by atoms with Crippen molar-refractivity contribution in [1.29, 1.82) is 0 Å². The number of nitrogens with one attached hydrogen (secondary N) is 1. The van der Waals surface area contributed by atoms with Gasteiger partial charge >= 0.3 is 0 Å². The quantitative estimate of drug-likeness (QED) is 0.844. The summed E-state index contributed by atoms with van der Waals surface area (Å²) < 4.78 is 7.13. The van der Waals surface area contributed by atoms with Gasteiger partial charge in [-0.1, -0.05) is 27.5 Å². The van der Waals surface area contributed by atoms with E-state index < -0.39 is 0 Å². The SMILES string of the molecule is CNC(c1cc(Br)ccc1Cl)C1CCOC2(CCC2)C1. The molecular weight excluding hydrogens is 338 g/mol. The van der Waals surface area contributed by atoms with Crippen molar-refractivity contribution < 1.29 is 4.74 Å². The van der Waals surface area contributed by atoms with Gasteiger partial charge in [-0.05, 0) is 68.8 Å². The zero-order valence-electron chi connectivity index (χ0n) is 11.8. The lowest BCUT2D eigenvalue weighted by Crippen LogP contribution is -2.47. The van der Waals surface area contributed by atoms with E-state index in [-0.39, 0.29) is 5.60 Å². The minimum absolute atomic E-state index is 0.177. The lowest BCUT2D eigenvalue weighted by molar-refractivity contribution is -0.147. The Morgan fingerprint density at radius 3 is 2.90 bits per heavy atom. The zero-order chi connectivity index (χ0) is 14.2. The largest absolute Gasteiger partial charge is 0.375 e. The van der Waals surface area contributed by atoms with Crippen molar-refractivity contribution in [2.75, 3.05) is 13.7 Å². The first-order chi connectivity index (χ1) is 9.63. The van der Waals surface area contributed by atoms with Crippen molar-refractivity contribution in [3.8, 4) is 0 Å². The van der Waals surface area contributed by atoms with Crippen molar-refractivity contribution in [3.05, 3.63) is 33.3 Å². The lowest BCUT2D eigenvalue weighted by atomic mass is 9.69. The van der Waals surface area contributed by atoms with Crippen molar-refractivity contribution in [1.82, 2.24) is 5.32 Å². The minimum Gasteiger partial charge on any atom is -0.375 e. The smallest absolute Gasteiger partial charge is 0.0686 e. The molecule has 2 atom stereocenters. The summed E-state index contributed by atoms with van der Waals surface area (Å²) in [6.45, 7) is 0.883. The van der Waals surface area contributed by atoms with Crippen LogP contribution in [0.5, 0.6) is 0 Å². The Bertz CT molecular complexity index is 489. The van der Waals surface area contributed by atoms with E-state index in [1.54, 1.807) is 0 Å². The van der Waals surface area contributed by atoms with Crippen LogP contribution in [0.1, 0.15) is 43.7 Å². The molecule has 1 heterocycles. The summed E-state index contributed by atoms with van der Waals surface area (Å²) in [5.41, 5.74) is 1.38. The molecule has 2 nitrogen and oxygen atoms in total. The highest BCUT2D eigenvalue weighted by atomic mass is 79.9. The summed E-state index contributed by atoms with van der Waals surface area (Å²) >= 11 is 9.97. The Labute approximate surface area is 134 Å². The topological polar surface area (TPSA) is 21.3 Å². The molecule has 1 saturated carbocycles. The van der Waals surface area contributed by atoms with Gasteiger partial charge in [-0.15, -0.1) is 0 Å². The van der Waals surface area contributed by atoms with Crippen LogP contribution in [0.3, 0.4) is 0 Å². The van der Waals surface area contributed by atoms with Gasteiger partial charge in [-0.2, -0.15) is 0 Å². The van der Waals surface area contributed by atoms with E-state index in [4.69, 9.17) is 16.3 Å². The molecule has 1 aromatic carbocycles. The Morgan fingerprint density at radius 1 is 1.45 bits per heavy atom. The van der Waals surface area contributed by atoms with Crippen LogP contribution in [0.25, 0.3) is 0 Å². The molecule has 2 unspecified atom stereocenters. The first-order valence-electron chi connectivity index (χ1n) is 7.40. The first kappa shape index (κ1) is 14.8. The summed E-state index contributed by atoms with van der Waals surface area (Å²) in [4.78, 5) is 0. The van der Waals surface area contributed by atoms with E-state index >= 15 is 0 Å². The molecule has 0 radical (unpaired) electrons. The number of hydrogen-bond acceptors (Lipinski definition) is 2. The standard InChI is InChI=1S/C16H21BrClNO/c1-19-15(13-9-12(17)3-4-14(13)18)11-5-8-20-16(10-11)6-2-7-16/h3-4,9,11,15,19H,2,5-8,10H2,1H3. The van der Waals surface area contributed by atoms with E-state index in [0.29, 0.717) is 12.0 Å². The number of ether oxygens (including phenoxy) is 1. The van der Waals surface area contributed by atoms with Crippen LogP contribution in [0, 0.1) is 5.92 Å². The van der Waals surface area contributed by atoms with Crippen molar-refractivity contribution in [2.45, 2.75) is 43.7 Å². The van der Waals surface area contributed by atoms with Gasteiger partial charge in [-0.3, -0.25) is 0 Å². The molecule has 3 rings (SSSR count). The Hall–Kier alpha value is -0.0900. The van der Waals surface area contributed by atoms with Gasteiger partial charge in [0, 0.05) is 22.1 Å². The molecule has 1 aromatic rings. The number of rotatable bonds is 3. The van der Waals surface area contributed by atoms with Gasteiger partial charge in [0.15, 0.2) is 0 Å². The van der Waals surface area contributed by atoms with Gasteiger partial charge in [0.1, 0.15) is 0 Å². The molecule has 1 aliphatic carbocycles. The Morgan fingerprint density at radius 2 is 2.25 bits per heavy atom. The fourth-order valence-electron chi connectivity index (χ4n) is 3.67. The second kappa shape index (κ2) is 5.96. The second-order valence-electron chi connectivity index (χ2n) is 6.07. The third-order valence-corrected chi connectivity index (χ3v) is 5.71. The molecule has 20 heavy (non-hydrogen) atoms. The van der Waals surface area contributed by atoms with E-state index in [1.807, 2.05) is 19.2 Å². The highest BCUT2D eigenvalue weighted by molar-refractivity contribution is 9.10. The van der Waals surface area contributed by atoms with Gasteiger partial charge in [0.25, 0.3) is 0 Å². The number of hydrogen-bond donors (Lipinski definition) is 1. The molecule has 0 aromatic heterocycles. The third-order valence-electron chi connectivity index (χ3n) is 4.87. The van der Waals surface area contributed by atoms with Crippen molar-refractivity contribution >= 4 is 27.5 Å². The highest BCUT2D eigenvalue weighted by Crippen LogP contribution is 2.47. The number of benzene rings is 1. The third kappa shape index (κ3) is 2.78. The summed E-state index contributed by atoms with van der Waals surface area (Å²) in [5, 5.41) is 4.33. The predicted molar refractivity (Wildman–Crippen MR) is 86.2 cm³/mol. The molecule has 110 valence electrons. The monoisotopic (exact) mass is 357 g/mol. The van der Waals surface area contributed by atoms with Crippen molar-refractivity contribution in [2.24, 2.45) is 5.92 Å². The Kier molecular flexibility index (Phi) is 4.42. The van der Waals surface area contributed by atoms with Crippen LogP contribution in [0.15, 0.2) is 22.7 Å². The normalized spacial score (nSPS) is 26.2. The lowest BCUT2D eigenvalue weighted by Gasteiger charge is -2.49. The average Bonchev–Trinajstić information content (AvgIpc) is 2.42. The zero-order valence-corrected chi connectivity index (χ0v) is 14.1. The second-order valence-corrected chi connectivity index (χ2v) is 7.39. The molecule has 0 amide bonds. The molecule has 1 spiro atoms. The molecule has 2 aliphatic rings. The first-order valence-corrected chi connectivity index (χ1v) is 8.57. The summed E-state index contributed by atoms with van der Waals surface area (Å²) in [7, 11) is 2.03. The number of halogens is 2. The fraction of sp³-hybridized carbons (Fsp3) is 0.625. The van der Waals surface area contributed by atoms with E-state index in [9.17, 15) is 0 Å². The fourth-order valence-corrected chi connectivity index (χ4v) is 4.28. The van der Waals surface area contributed by atoms with Crippen LogP contribution in [0.4, 0.5) is 0 Å². The van der Waals surface area contributed by atoms with E-state index in [2.05, 4.69) is 27.3 Å². The molecule has 4 heteroatoms. The molecule has 2 fully saturated rings. The van der Waals surface area contributed by atoms with Crippen LogP contribution in [0.2, 0.25) is 5.02 Å². The maximum Gasteiger partial charge on any atom is 0.0686 e. The minimum atomic E-state index is 0.177. The van der Waals surface area contributed by atoms with Gasteiger partial charge < -0.3 is 10.1 Å². The molecule has 1 aliphatic heterocycles. The molecule has 1 saturated heterocycles. The van der Waals surface area contributed by atoms with Crippen molar-refractivity contribution in [3.63, 3.8) is 0 Å². The van der Waals surface area contributed by atoms with E-state index in [0.717, 1.165) is 28.9 Å². The summed E-state index contributed by atoms with van der Waals surface area (Å²) in [5.74, 6) is 0.598. The van der Waals surface area contributed by atoms with Crippen LogP contribution < -0.4 is 5.32 Å². The van der Waals surface area contributed by atoms with E-state index in [1.165, 1.54) is 24.8 Å². The maximum absolute atomic E-state index is 6.42. The summed E-state index contributed by atoms with van der Waals surface area (Å²) in [6, 6.07) is 6.42.